The summed E-state index contributed by atoms with van der Waals surface area (Å²) in [6.07, 6.45) is -0.189. The van der Waals surface area contributed by atoms with Crippen molar-refractivity contribution >= 4 is 49.6 Å². The Morgan fingerprint density at radius 1 is 1.07 bits per heavy atom. The molecule has 0 amide bonds. The maximum absolute atomic E-state index is 13.2. The molecule has 0 bridgehead atoms. The minimum absolute atomic E-state index is 0.189. The first-order valence-corrected chi connectivity index (χ1v) is 10.1. The largest absolute Gasteiger partial charge is 0.480 e. The highest BCUT2D eigenvalue weighted by Crippen LogP contribution is 2.39. The van der Waals surface area contributed by atoms with Gasteiger partial charge in [0.1, 0.15) is 4.60 Å². The van der Waals surface area contributed by atoms with Gasteiger partial charge in [-0.2, -0.15) is 0 Å². The second kappa shape index (κ2) is 8.21. The third-order valence-corrected chi connectivity index (χ3v) is 7.22. The number of hydrogen-bond acceptors (Lipinski definition) is 3. The molecule has 6 nitrogen and oxygen atoms in total. The van der Waals surface area contributed by atoms with Crippen LogP contribution in [0.4, 0.5) is 0 Å². The third-order valence-electron chi connectivity index (χ3n) is 4.94. The van der Waals surface area contributed by atoms with E-state index in [0.29, 0.717) is 25.9 Å². The van der Waals surface area contributed by atoms with Gasteiger partial charge in [0, 0.05) is 11.6 Å². The SMILES string of the molecule is Cc1ccc(C(=O)c2c(C)c(Br)c(Br)n2C(C)CC(C)(C(=O)O)C(=O)O)cc1. The van der Waals surface area contributed by atoms with Crippen molar-refractivity contribution in [2.24, 2.45) is 5.41 Å². The summed E-state index contributed by atoms with van der Waals surface area (Å²) in [5.41, 5.74) is 0.620. The van der Waals surface area contributed by atoms with Crippen LogP contribution in [0.5, 0.6) is 0 Å². The Morgan fingerprint density at radius 3 is 2.04 bits per heavy atom. The van der Waals surface area contributed by atoms with Gasteiger partial charge in [-0.3, -0.25) is 14.4 Å². The van der Waals surface area contributed by atoms with E-state index in [2.05, 4.69) is 31.9 Å². The first-order valence-electron chi connectivity index (χ1n) is 8.55. The predicted octanol–water partition coefficient (Wildman–Crippen LogP) is 4.99. The van der Waals surface area contributed by atoms with Gasteiger partial charge in [-0.25, -0.2) is 0 Å². The van der Waals surface area contributed by atoms with Gasteiger partial charge in [-0.15, -0.1) is 0 Å². The van der Waals surface area contributed by atoms with Crippen LogP contribution < -0.4 is 0 Å². The summed E-state index contributed by atoms with van der Waals surface area (Å²) in [6, 6.07) is 6.59. The molecule has 1 unspecified atom stereocenters. The molecule has 1 aromatic heterocycles. The van der Waals surface area contributed by atoms with Gasteiger partial charge < -0.3 is 14.8 Å². The van der Waals surface area contributed by atoms with Gasteiger partial charge in [-0.05, 0) is 71.5 Å². The van der Waals surface area contributed by atoms with Gasteiger partial charge >= 0.3 is 11.9 Å². The second-order valence-electron chi connectivity index (χ2n) is 7.14. The van der Waals surface area contributed by atoms with Crippen LogP contribution in [0.15, 0.2) is 33.3 Å². The number of carbonyl (C=O) groups is 3. The van der Waals surface area contributed by atoms with Gasteiger partial charge in [0.05, 0.1) is 10.2 Å². The number of halogens is 2. The molecule has 0 saturated heterocycles. The molecule has 1 atom stereocenters. The molecule has 0 aliphatic heterocycles. The maximum Gasteiger partial charge on any atom is 0.320 e. The van der Waals surface area contributed by atoms with Crippen molar-refractivity contribution in [1.82, 2.24) is 4.57 Å². The minimum Gasteiger partial charge on any atom is -0.480 e. The van der Waals surface area contributed by atoms with Crippen LogP contribution in [0.3, 0.4) is 0 Å². The number of nitrogens with zero attached hydrogens (tertiary/aromatic N) is 1. The van der Waals surface area contributed by atoms with Crippen molar-refractivity contribution in [3.8, 4) is 0 Å². The van der Waals surface area contributed by atoms with Crippen molar-refractivity contribution in [3.05, 3.63) is 55.7 Å². The van der Waals surface area contributed by atoms with Crippen LogP contribution in [0.2, 0.25) is 0 Å². The number of aliphatic carboxylic acids is 2. The lowest BCUT2D eigenvalue weighted by Gasteiger charge is -2.26. The Bertz CT molecular complexity index is 932. The van der Waals surface area contributed by atoms with Crippen molar-refractivity contribution in [3.63, 3.8) is 0 Å². The summed E-state index contributed by atoms with van der Waals surface area (Å²) in [7, 11) is 0. The topological polar surface area (TPSA) is 96.6 Å². The molecule has 2 rings (SSSR count). The fraction of sp³-hybridized carbons (Fsp3) is 0.350. The molecule has 0 aliphatic carbocycles. The molecule has 28 heavy (non-hydrogen) atoms. The normalized spacial score (nSPS) is 12.6. The van der Waals surface area contributed by atoms with Crippen LogP contribution in [-0.4, -0.2) is 32.5 Å². The van der Waals surface area contributed by atoms with Crippen LogP contribution in [-0.2, 0) is 9.59 Å². The molecular formula is C20H21Br2NO5. The lowest BCUT2D eigenvalue weighted by Crippen LogP contribution is -2.38. The van der Waals surface area contributed by atoms with E-state index in [1.807, 2.05) is 19.1 Å². The Balaban J connectivity index is 2.57. The Hall–Kier alpha value is -1.93. The molecule has 2 aromatic rings. The van der Waals surface area contributed by atoms with Crippen molar-refractivity contribution in [2.45, 2.75) is 40.2 Å². The summed E-state index contributed by atoms with van der Waals surface area (Å²) in [6.45, 7) is 6.59. The number of rotatable bonds is 7. The molecule has 8 heteroatoms. The number of ketones is 1. The van der Waals surface area contributed by atoms with Crippen LogP contribution in [0, 0.1) is 19.3 Å². The first-order chi connectivity index (χ1) is 12.9. The molecule has 1 heterocycles. The average Bonchev–Trinajstić information content (AvgIpc) is 2.85. The second-order valence-corrected chi connectivity index (χ2v) is 8.68. The molecular weight excluding hydrogens is 494 g/mol. The van der Waals surface area contributed by atoms with E-state index in [1.54, 1.807) is 30.5 Å². The molecule has 150 valence electrons. The third kappa shape index (κ3) is 3.93. The average molecular weight is 515 g/mol. The summed E-state index contributed by atoms with van der Waals surface area (Å²) < 4.78 is 2.89. The lowest BCUT2D eigenvalue weighted by atomic mass is 9.84. The molecule has 0 spiro atoms. The quantitative estimate of drug-likeness (QED) is 0.401. The maximum atomic E-state index is 13.2. The van der Waals surface area contributed by atoms with E-state index in [1.165, 1.54) is 6.92 Å². The van der Waals surface area contributed by atoms with Gasteiger partial charge in [0.25, 0.3) is 0 Å². The van der Waals surface area contributed by atoms with Crippen molar-refractivity contribution in [1.29, 1.82) is 0 Å². The molecule has 0 fully saturated rings. The molecule has 0 saturated carbocycles. The van der Waals surface area contributed by atoms with Crippen LogP contribution >= 0.6 is 31.9 Å². The summed E-state index contributed by atoms with van der Waals surface area (Å²) >= 11 is 6.91. The number of hydrogen-bond donors (Lipinski definition) is 2. The predicted molar refractivity (Wildman–Crippen MR) is 112 cm³/mol. The highest BCUT2D eigenvalue weighted by Gasteiger charge is 2.44. The zero-order chi connectivity index (χ0) is 21.4. The van der Waals surface area contributed by atoms with Crippen LogP contribution in [0.25, 0.3) is 0 Å². The van der Waals surface area contributed by atoms with E-state index in [0.717, 1.165) is 5.56 Å². The summed E-state index contributed by atoms with van der Waals surface area (Å²) in [5.74, 6) is -3.06. The monoisotopic (exact) mass is 513 g/mol. The molecule has 0 radical (unpaired) electrons. The fourth-order valence-corrected chi connectivity index (χ4v) is 4.33. The molecule has 1 aromatic carbocycles. The number of aryl methyl sites for hydroxylation is 1. The minimum atomic E-state index is -1.98. The van der Waals surface area contributed by atoms with E-state index in [4.69, 9.17) is 0 Å². The number of carboxylic acid groups (broad SMARTS) is 2. The van der Waals surface area contributed by atoms with E-state index in [9.17, 15) is 24.6 Å². The Kier molecular flexibility index (Phi) is 6.55. The number of benzene rings is 1. The Labute approximate surface area is 179 Å². The standard InChI is InChI=1S/C20H21Br2NO5/c1-10-5-7-13(8-6-10)16(24)15-12(3)14(21)17(22)23(15)11(2)9-20(4,18(25)26)19(27)28/h5-8,11H,9H2,1-4H3,(H,25,26)(H,27,28). The number of aromatic nitrogens is 1. The number of carbonyl (C=O) groups excluding carboxylic acids is 1. The van der Waals surface area contributed by atoms with E-state index in [-0.39, 0.29) is 12.2 Å². The zero-order valence-corrected chi connectivity index (χ0v) is 19.1. The number of carboxylic acids is 2. The van der Waals surface area contributed by atoms with Crippen LogP contribution in [0.1, 0.15) is 53.5 Å². The van der Waals surface area contributed by atoms with E-state index >= 15 is 0 Å². The van der Waals surface area contributed by atoms with Gasteiger partial charge in [-0.1, -0.05) is 29.8 Å². The summed E-state index contributed by atoms with van der Waals surface area (Å²) in [4.78, 5) is 36.4. The molecule has 0 aliphatic rings. The van der Waals surface area contributed by atoms with Gasteiger partial charge in [0.15, 0.2) is 5.41 Å². The first kappa shape index (κ1) is 22.4. The zero-order valence-electron chi connectivity index (χ0n) is 15.9. The van der Waals surface area contributed by atoms with Crippen molar-refractivity contribution < 1.29 is 24.6 Å². The highest BCUT2D eigenvalue weighted by atomic mass is 79.9. The molecule has 2 N–H and O–H groups in total. The van der Waals surface area contributed by atoms with Gasteiger partial charge in [0.2, 0.25) is 5.78 Å². The smallest absolute Gasteiger partial charge is 0.320 e. The lowest BCUT2D eigenvalue weighted by molar-refractivity contribution is -0.164. The Morgan fingerprint density at radius 2 is 1.57 bits per heavy atom. The van der Waals surface area contributed by atoms with Crippen molar-refractivity contribution in [2.75, 3.05) is 0 Å². The highest BCUT2D eigenvalue weighted by molar-refractivity contribution is 9.13. The van der Waals surface area contributed by atoms with E-state index < -0.39 is 23.4 Å². The summed E-state index contributed by atoms with van der Waals surface area (Å²) in [5, 5.41) is 18.9. The fourth-order valence-electron chi connectivity index (χ4n) is 3.13.